The minimum Gasteiger partial charge on any atom is -0.320 e. The number of hydrogen-bond donors (Lipinski definition) is 2. The van der Waals surface area contributed by atoms with Crippen LogP contribution in [0.2, 0.25) is 0 Å². The van der Waals surface area contributed by atoms with Crippen molar-refractivity contribution >= 4 is 10.0 Å². The van der Waals surface area contributed by atoms with Gasteiger partial charge in [-0.2, -0.15) is 0 Å². The fraction of sp³-hybridized carbons (Fsp3) is 0.467. The molecule has 0 saturated heterocycles. The topological polar surface area (TPSA) is 72.2 Å². The summed E-state index contributed by atoms with van der Waals surface area (Å²) in [6.45, 7) is 4.61. The van der Waals surface area contributed by atoms with Crippen LogP contribution in [0.5, 0.6) is 0 Å². The molecule has 0 fully saturated rings. The Bertz CT molecular complexity index is 631. The Labute approximate surface area is 126 Å². The zero-order chi connectivity index (χ0) is 15.9. The van der Waals surface area contributed by atoms with Crippen LogP contribution in [-0.2, 0) is 10.0 Å². The second kappa shape index (κ2) is 8.13. The van der Waals surface area contributed by atoms with Gasteiger partial charge in [-0.1, -0.05) is 25.7 Å². The second-order valence-corrected chi connectivity index (χ2v) is 6.85. The summed E-state index contributed by atoms with van der Waals surface area (Å²) in [5.74, 6) is 4.93. The molecule has 0 spiro atoms. The standard InChI is InChI=1S/C15H21FN2O2S/c1-12(2)5-4-10-18-21(19,20)14-8-7-13(6-3-9-17)15(16)11-14/h7-8,11-12,18H,4-5,9-10,17H2,1-2H3. The van der Waals surface area contributed by atoms with Gasteiger partial charge in [0.15, 0.2) is 0 Å². The highest BCUT2D eigenvalue weighted by molar-refractivity contribution is 7.89. The molecule has 0 heterocycles. The largest absolute Gasteiger partial charge is 0.320 e. The number of benzene rings is 1. The summed E-state index contributed by atoms with van der Waals surface area (Å²) in [7, 11) is -3.68. The van der Waals surface area contributed by atoms with E-state index in [0.29, 0.717) is 12.5 Å². The molecule has 0 aliphatic heterocycles. The third-order valence-electron chi connectivity index (χ3n) is 2.83. The van der Waals surface area contributed by atoms with Gasteiger partial charge in [-0.3, -0.25) is 0 Å². The molecule has 1 rings (SSSR count). The molecule has 6 heteroatoms. The van der Waals surface area contributed by atoms with Gasteiger partial charge in [-0.05, 0) is 37.0 Å². The highest BCUT2D eigenvalue weighted by Gasteiger charge is 2.15. The van der Waals surface area contributed by atoms with Crippen molar-refractivity contribution in [3.8, 4) is 11.8 Å². The van der Waals surface area contributed by atoms with E-state index in [1.807, 2.05) is 0 Å². The number of halogens is 1. The van der Waals surface area contributed by atoms with E-state index in [-0.39, 0.29) is 17.0 Å². The first-order valence-electron chi connectivity index (χ1n) is 6.85. The van der Waals surface area contributed by atoms with Crippen molar-refractivity contribution in [1.29, 1.82) is 0 Å². The summed E-state index contributed by atoms with van der Waals surface area (Å²) in [5.41, 5.74) is 5.35. The Kier molecular flexibility index (Phi) is 6.82. The first-order valence-corrected chi connectivity index (χ1v) is 8.33. The summed E-state index contributed by atoms with van der Waals surface area (Å²) in [4.78, 5) is -0.0946. The monoisotopic (exact) mass is 312 g/mol. The number of sulfonamides is 1. The van der Waals surface area contributed by atoms with Crippen molar-refractivity contribution in [3.05, 3.63) is 29.6 Å². The molecule has 3 N–H and O–H groups in total. The summed E-state index contributed by atoms with van der Waals surface area (Å²) in [6.07, 6.45) is 1.68. The molecule has 1 aromatic carbocycles. The highest BCUT2D eigenvalue weighted by Crippen LogP contribution is 2.14. The van der Waals surface area contributed by atoms with Gasteiger partial charge in [-0.25, -0.2) is 17.5 Å². The SMILES string of the molecule is CC(C)CCCNS(=O)(=O)c1ccc(C#CCN)c(F)c1. The molecule has 0 saturated carbocycles. The average Bonchev–Trinajstić information content (AvgIpc) is 2.42. The zero-order valence-corrected chi connectivity index (χ0v) is 13.1. The lowest BCUT2D eigenvalue weighted by Gasteiger charge is -2.08. The van der Waals surface area contributed by atoms with Crippen molar-refractivity contribution in [3.63, 3.8) is 0 Å². The molecule has 0 radical (unpaired) electrons. The molecule has 1 aromatic rings. The fourth-order valence-corrected chi connectivity index (χ4v) is 2.80. The van der Waals surface area contributed by atoms with E-state index in [2.05, 4.69) is 30.4 Å². The molecule has 0 atom stereocenters. The normalized spacial score (nSPS) is 11.3. The predicted octanol–water partition coefficient (Wildman–Crippen LogP) is 1.85. The molecule has 0 unspecified atom stereocenters. The molecular formula is C15H21FN2O2S. The Balaban J connectivity index is 2.77. The lowest BCUT2D eigenvalue weighted by Crippen LogP contribution is -2.25. The third-order valence-corrected chi connectivity index (χ3v) is 4.29. The summed E-state index contributed by atoms with van der Waals surface area (Å²) >= 11 is 0. The van der Waals surface area contributed by atoms with Gasteiger partial charge in [0.05, 0.1) is 17.0 Å². The molecule has 4 nitrogen and oxygen atoms in total. The van der Waals surface area contributed by atoms with Crippen molar-refractivity contribution < 1.29 is 12.8 Å². The average molecular weight is 312 g/mol. The third kappa shape index (κ3) is 5.84. The summed E-state index contributed by atoms with van der Waals surface area (Å²) < 4.78 is 40.3. The van der Waals surface area contributed by atoms with E-state index in [0.717, 1.165) is 18.9 Å². The van der Waals surface area contributed by atoms with Crippen molar-refractivity contribution in [1.82, 2.24) is 4.72 Å². The van der Waals surface area contributed by atoms with Crippen LogP contribution in [-0.4, -0.2) is 21.5 Å². The van der Waals surface area contributed by atoms with Gasteiger partial charge < -0.3 is 5.73 Å². The Morgan fingerprint density at radius 1 is 1.38 bits per heavy atom. The Hall–Kier alpha value is -1.42. The van der Waals surface area contributed by atoms with Gasteiger partial charge in [0.25, 0.3) is 0 Å². The second-order valence-electron chi connectivity index (χ2n) is 5.08. The molecular weight excluding hydrogens is 291 g/mol. The van der Waals surface area contributed by atoms with Crippen molar-refractivity contribution in [2.75, 3.05) is 13.1 Å². The summed E-state index contributed by atoms with van der Waals surface area (Å²) in [5, 5.41) is 0. The van der Waals surface area contributed by atoms with Crippen LogP contribution < -0.4 is 10.5 Å². The maximum absolute atomic E-state index is 13.8. The smallest absolute Gasteiger partial charge is 0.240 e. The molecule has 116 valence electrons. The minimum atomic E-state index is -3.68. The van der Waals surface area contributed by atoms with Gasteiger partial charge in [0.1, 0.15) is 5.82 Å². The van der Waals surface area contributed by atoms with Crippen molar-refractivity contribution in [2.45, 2.75) is 31.6 Å². The fourth-order valence-electron chi connectivity index (χ4n) is 1.71. The van der Waals surface area contributed by atoms with E-state index in [9.17, 15) is 12.8 Å². The van der Waals surface area contributed by atoms with Crippen molar-refractivity contribution in [2.24, 2.45) is 11.7 Å². The molecule has 21 heavy (non-hydrogen) atoms. The molecule has 0 bridgehead atoms. The van der Waals surface area contributed by atoms with E-state index in [1.54, 1.807) is 0 Å². The van der Waals surface area contributed by atoms with Crippen LogP contribution >= 0.6 is 0 Å². The van der Waals surface area contributed by atoms with Gasteiger partial charge >= 0.3 is 0 Å². The first-order chi connectivity index (χ1) is 9.86. The quantitative estimate of drug-likeness (QED) is 0.622. The number of hydrogen-bond acceptors (Lipinski definition) is 3. The lowest BCUT2D eigenvalue weighted by molar-refractivity contribution is 0.539. The van der Waals surface area contributed by atoms with E-state index >= 15 is 0 Å². The van der Waals surface area contributed by atoms with Gasteiger partial charge in [0, 0.05) is 6.54 Å². The van der Waals surface area contributed by atoms with Gasteiger partial charge in [-0.15, -0.1) is 0 Å². The van der Waals surface area contributed by atoms with Crippen LogP contribution in [0.4, 0.5) is 4.39 Å². The summed E-state index contributed by atoms with van der Waals surface area (Å²) in [6, 6.07) is 3.67. The zero-order valence-electron chi connectivity index (χ0n) is 12.3. The maximum atomic E-state index is 13.8. The maximum Gasteiger partial charge on any atom is 0.240 e. The predicted molar refractivity (Wildman–Crippen MR) is 81.6 cm³/mol. The van der Waals surface area contributed by atoms with Crippen LogP contribution in [0, 0.1) is 23.6 Å². The van der Waals surface area contributed by atoms with Crippen LogP contribution in [0.15, 0.2) is 23.1 Å². The minimum absolute atomic E-state index is 0.0946. The molecule has 0 amide bonds. The lowest BCUT2D eigenvalue weighted by atomic mass is 10.1. The van der Waals surface area contributed by atoms with E-state index in [4.69, 9.17) is 5.73 Å². The van der Waals surface area contributed by atoms with Crippen LogP contribution in [0.25, 0.3) is 0 Å². The molecule has 0 aromatic heterocycles. The van der Waals surface area contributed by atoms with Gasteiger partial charge in [0.2, 0.25) is 10.0 Å². The molecule has 0 aliphatic carbocycles. The Morgan fingerprint density at radius 2 is 2.10 bits per heavy atom. The molecule has 0 aliphatic rings. The van der Waals surface area contributed by atoms with E-state index < -0.39 is 15.8 Å². The highest BCUT2D eigenvalue weighted by atomic mass is 32.2. The van der Waals surface area contributed by atoms with Crippen LogP contribution in [0.1, 0.15) is 32.3 Å². The first kappa shape index (κ1) is 17.6. The number of nitrogens with two attached hydrogens (primary N) is 1. The Morgan fingerprint density at radius 3 is 2.67 bits per heavy atom. The number of rotatable bonds is 6. The number of nitrogens with one attached hydrogen (secondary N) is 1. The van der Waals surface area contributed by atoms with Crippen LogP contribution in [0.3, 0.4) is 0 Å². The van der Waals surface area contributed by atoms with E-state index in [1.165, 1.54) is 12.1 Å².